The second kappa shape index (κ2) is 4.24. The van der Waals surface area contributed by atoms with E-state index in [-0.39, 0.29) is 0 Å². The molecule has 2 N–H and O–H groups in total. The molecule has 3 heteroatoms. The molecule has 1 unspecified atom stereocenters. The zero-order valence-corrected chi connectivity index (χ0v) is 8.49. The van der Waals surface area contributed by atoms with Gasteiger partial charge in [0.25, 0.3) is 5.91 Å². The molecule has 0 aromatic heterocycles. The highest BCUT2D eigenvalue weighted by Crippen LogP contribution is 2.24. The highest BCUT2D eigenvalue weighted by Gasteiger charge is 2.33. The van der Waals surface area contributed by atoms with Crippen LogP contribution >= 0.6 is 0 Å². The van der Waals surface area contributed by atoms with Crippen molar-refractivity contribution in [3.63, 3.8) is 0 Å². The van der Waals surface area contributed by atoms with Crippen molar-refractivity contribution in [3.8, 4) is 0 Å². The Labute approximate surface area is 83.9 Å². The van der Waals surface area contributed by atoms with Crippen molar-refractivity contribution in [2.24, 2.45) is 5.73 Å². The lowest BCUT2D eigenvalue weighted by Gasteiger charge is -2.26. The van der Waals surface area contributed by atoms with Crippen molar-refractivity contribution in [1.82, 2.24) is 0 Å². The Hall–Kier alpha value is -1.35. The number of nitrogens with two attached hydrogens (primary N) is 1. The summed E-state index contributed by atoms with van der Waals surface area (Å²) in [5.74, 6) is -0.467. The van der Waals surface area contributed by atoms with Crippen LogP contribution in [0.5, 0.6) is 0 Å². The molecule has 0 aliphatic rings. The van der Waals surface area contributed by atoms with Gasteiger partial charge in [-0.05, 0) is 19.4 Å². The average molecular weight is 193 g/mol. The molecule has 0 heterocycles. The fourth-order valence-electron chi connectivity index (χ4n) is 1.34. The number of hydrogen-bond acceptors (Lipinski definition) is 2. The lowest BCUT2D eigenvalue weighted by molar-refractivity contribution is -0.142. The van der Waals surface area contributed by atoms with Crippen molar-refractivity contribution < 1.29 is 9.53 Å². The topological polar surface area (TPSA) is 52.3 Å². The summed E-state index contributed by atoms with van der Waals surface area (Å²) in [6, 6.07) is 9.27. The summed E-state index contributed by atoms with van der Waals surface area (Å²) >= 11 is 0. The van der Waals surface area contributed by atoms with E-state index in [9.17, 15) is 4.79 Å². The van der Waals surface area contributed by atoms with Crippen molar-refractivity contribution >= 4 is 5.91 Å². The number of carbonyl (C=O) groups excluding carboxylic acids is 1. The van der Waals surface area contributed by atoms with Crippen LogP contribution in [0.3, 0.4) is 0 Å². The Morgan fingerprint density at radius 1 is 1.43 bits per heavy atom. The first-order chi connectivity index (χ1) is 6.61. The normalized spacial score (nSPS) is 14.7. The molecule has 14 heavy (non-hydrogen) atoms. The fraction of sp³-hybridized carbons (Fsp3) is 0.364. The largest absolute Gasteiger partial charge is 0.367 e. The molecule has 1 rings (SSSR count). The molecule has 76 valence electrons. The number of hydrogen-bond donors (Lipinski definition) is 1. The molecule has 0 spiro atoms. The van der Waals surface area contributed by atoms with Gasteiger partial charge in [0.05, 0.1) is 0 Å². The molecule has 0 radical (unpaired) electrons. The molecule has 0 saturated heterocycles. The van der Waals surface area contributed by atoms with E-state index in [1.54, 1.807) is 6.92 Å². The van der Waals surface area contributed by atoms with Gasteiger partial charge >= 0.3 is 0 Å². The van der Waals surface area contributed by atoms with Crippen LogP contribution < -0.4 is 5.73 Å². The van der Waals surface area contributed by atoms with Gasteiger partial charge in [-0.15, -0.1) is 0 Å². The summed E-state index contributed by atoms with van der Waals surface area (Å²) in [6.45, 7) is 3.98. The number of amides is 1. The van der Waals surface area contributed by atoms with Gasteiger partial charge in [0.15, 0.2) is 5.60 Å². The minimum Gasteiger partial charge on any atom is -0.367 e. The average Bonchev–Trinajstić information content (AvgIpc) is 2.19. The van der Waals surface area contributed by atoms with E-state index in [0.717, 1.165) is 5.56 Å². The highest BCUT2D eigenvalue weighted by atomic mass is 16.5. The fourth-order valence-corrected chi connectivity index (χ4v) is 1.34. The van der Waals surface area contributed by atoms with Crippen molar-refractivity contribution in [2.45, 2.75) is 19.4 Å². The van der Waals surface area contributed by atoms with Crippen LogP contribution in [0.25, 0.3) is 0 Å². The third-order valence-corrected chi connectivity index (χ3v) is 2.23. The van der Waals surface area contributed by atoms with E-state index in [2.05, 4.69) is 0 Å². The van der Waals surface area contributed by atoms with E-state index >= 15 is 0 Å². The van der Waals surface area contributed by atoms with E-state index in [4.69, 9.17) is 10.5 Å². The van der Waals surface area contributed by atoms with Gasteiger partial charge in [0.2, 0.25) is 0 Å². The van der Waals surface area contributed by atoms with Gasteiger partial charge in [0.1, 0.15) is 0 Å². The third kappa shape index (κ3) is 1.93. The van der Waals surface area contributed by atoms with Crippen LogP contribution in [0, 0.1) is 0 Å². The maximum Gasteiger partial charge on any atom is 0.254 e. The van der Waals surface area contributed by atoms with Gasteiger partial charge in [-0.25, -0.2) is 0 Å². The molecule has 1 aromatic rings. The number of primary amides is 1. The van der Waals surface area contributed by atoms with Gasteiger partial charge < -0.3 is 10.5 Å². The maximum absolute atomic E-state index is 11.3. The Bertz CT molecular complexity index is 310. The molecule has 0 fully saturated rings. The Morgan fingerprint density at radius 2 is 2.00 bits per heavy atom. The Balaban J connectivity index is 3.06. The van der Waals surface area contributed by atoms with Crippen molar-refractivity contribution in [2.75, 3.05) is 6.61 Å². The van der Waals surface area contributed by atoms with Crippen LogP contribution in [0.1, 0.15) is 19.4 Å². The van der Waals surface area contributed by atoms with Crippen LogP contribution in [0.15, 0.2) is 30.3 Å². The second-order valence-corrected chi connectivity index (χ2v) is 3.20. The SMILES string of the molecule is CCOC(C)(C(N)=O)c1ccccc1. The van der Waals surface area contributed by atoms with Crippen LogP contribution in [0.2, 0.25) is 0 Å². The predicted octanol–water partition coefficient (Wildman–Crippen LogP) is 1.42. The maximum atomic E-state index is 11.3. The Kier molecular flexibility index (Phi) is 3.25. The molecular weight excluding hydrogens is 178 g/mol. The minimum atomic E-state index is -1.02. The number of carbonyl (C=O) groups is 1. The van der Waals surface area contributed by atoms with Gasteiger partial charge in [0, 0.05) is 6.61 Å². The smallest absolute Gasteiger partial charge is 0.254 e. The highest BCUT2D eigenvalue weighted by molar-refractivity contribution is 5.84. The summed E-state index contributed by atoms with van der Waals surface area (Å²) in [4.78, 5) is 11.3. The van der Waals surface area contributed by atoms with Crippen molar-refractivity contribution in [1.29, 1.82) is 0 Å². The van der Waals surface area contributed by atoms with E-state index < -0.39 is 11.5 Å². The molecule has 3 nitrogen and oxygen atoms in total. The predicted molar refractivity (Wildman–Crippen MR) is 54.6 cm³/mol. The van der Waals surface area contributed by atoms with Crippen LogP contribution in [0.4, 0.5) is 0 Å². The molecule has 0 aliphatic heterocycles. The molecular formula is C11H15NO2. The minimum absolute atomic E-state index is 0.453. The molecule has 1 aromatic carbocycles. The quantitative estimate of drug-likeness (QED) is 0.786. The number of rotatable bonds is 4. The summed E-state index contributed by atoms with van der Waals surface area (Å²) in [5.41, 5.74) is 5.09. The first-order valence-electron chi connectivity index (χ1n) is 4.60. The summed E-state index contributed by atoms with van der Waals surface area (Å²) in [7, 11) is 0. The molecule has 0 saturated carbocycles. The standard InChI is InChI=1S/C11H15NO2/c1-3-14-11(2,10(12)13)9-7-5-4-6-8-9/h4-8H,3H2,1-2H3,(H2,12,13). The molecule has 1 atom stereocenters. The lowest BCUT2D eigenvalue weighted by Crippen LogP contribution is -2.40. The van der Waals surface area contributed by atoms with E-state index in [1.807, 2.05) is 37.3 Å². The first-order valence-corrected chi connectivity index (χ1v) is 4.60. The number of ether oxygens (including phenoxy) is 1. The van der Waals surface area contributed by atoms with Gasteiger partial charge in [-0.3, -0.25) is 4.79 Å². The lowest BCUT2D eigenvalue weighted by atomic mass is 9.95. The monoisotopic (exact) mass is 193 g/mol. The summed E-state index contributed by atoms with van der Waals surface area (Å²) in [6.07, 6.45) is 0. The van der Waals surface area contributed by atoms with E-state index in [0.29, 0.717) is 6.61 Å². The number of benzene rings is 1. The van der Waals surface area contributed by atoms with Gasteiger partial charge in [-0.1, -0.05) is 30.3 Å². The molecule has 1 amide bonds. The first kappa shape index (κ1) is 10.7. The summed E-state index contributed by atoms with van der Waals surface area (Å²) in [5, 5.41) is 0. The van der Waals surface area contributed by atoms with Crippen LogP contribution in [-0.2, 0) is 15.1 Å². The van der Waals surface area contributed by atoms with Crippen molar-refractivity contribution in [3.05, 3.63) is 35.9 Å². The zero-order valence-electron chi connectivity index (χ0n) is 8.49. The summed E-state index contributed by atoms with van der Waals surface area (Å²) < 4.78 is 5.40. The van der Waals surface area contributed by atoms with Crippen LogP contribution in [-0.4, -0.2) is 12.5 Å². The zero-order chi connectivity index (χ0) is 10.6. The third-order valence-electron chi connectivity index (χ3n) is 2.23. The van der Waals surface area contributed by atoms with Gasteiger partial charge in [-0.2, -0.15) is 0 Å². The van der Waals surface area contributed by atoms with E-state index in [1.165, 1.54) is 0 Å². The molecule has 0 aliphatic carbocycles. The second-order valence-electron chi connectivity index (χ2n) is 3.20. The molecule has 0 bridgehead atoms. The Morgan fingerprint density at radius 3 is 2.43 bits per heavy atom.